The minimum Gasteiger partial charge on any atom is -0.481 e. The standard InChI is InChI=1S/C11H12ClN3O2/c1-15-8(4-5-9(16)17)14-10(11(15)12)7-3-2-6-13-7/h2-3,6,13H,4-5H2,1H3,(H,16,17). The van der Waals surface area contributed by atoms with Crippen LogP contribution in [0.3, 0.4) is 0 Å². The van der Waals surface area contributed by atoms with Crippen molar-refractivity contribution in [1.29, 1.82) is 0 Å². The third-order valence-electron chi connectivity index (χ3n) is 2.53. The monoisotopic (exact) mass is 253 g/mol. The lowest BCUT2D eigenvalue weighted by Crippen LogP contribution is -2.03. The molecule has 0 aliphatic rings. The van der Waals surface area contributed by atoms with Crippen LogP contribution in [0.15, 0.2) is 18.3 Å². The van der Waals surface area contributed by atoms with Gasteiger partial charge in [-0.05, 0) is 12.1 Å². The molecule has 0 aliphatic heterocycles. The molecule has 0 radical (unpaired) electrons. The van der Waals surface area contributed by atoms with Crippen LogP contribution in [-0.2, 0) is 18.3 Å². The minimum absolute atomic E-state index is 0.0470. The SMILES string of the molecule is Cn1c(CCC(=O)O)nc(-c2ccc[nH]2)c1Cl. The van der Waals surface area contributed by atoms with Crippen LogP contribution < -0.4 is 0 Å². The van der Waals surface area contributed by atoms with Gasteiger partial charge in [-0.25, -0.2) is 4.98 Å². The van der Waals surface area contributed by atoms with Crippen LogP contribution in [0.1, 0.15) is 12.2 Å². The van der Waals surface area contributed by atoms with Crippen LogP contribution >= 0.6 is 11.6 Å². The highest BCUT2D eigenvalue weighted by Crippen LogP contribution is 2.26. The van der Waals surface area contributed by atoms with Crippen LogP contribution in [0.2, 0.25) is 5.15 Å². The second-order valence-electron chi connectivity index (χ2n) is 3.70. The summed E-state index contributed by atoms with van der Waals surface area (Å²) in [6, 6.07) is 3.73. The van der Waals surface area contributed by atoms with Crippen molar-refractivity contribution >= 4 is 17.6 Å². The maximum absolute atomic E-state index is 10.5. The molecular formula is C11H12ClN3O2. The van der Waals surface area contributed by atoms with Crippen LogP contribution in [0.25, 0.3) is 11.4 Å². The first-order valence-corrected chi connectivity index (χ1v) is 5.54. The number of rotatable bonds is 4. The van der Waals surface area contributed by atoms with Crippen molar-refractivity contribution in [2.45, 2.75) is 12.8 Å². The van der Waals surface area contributed by atoms with E-state index in [2.05, 4.69) is 9.97 Å². The molecule has 6 heteroatoms. The molecule has 0 saturated heterocycles. The quantitative estimate of drug-likeness (QED) is 0.876. The number of aryl methyl sites for hydroxylation is 1. The second-order valence-corrected chi connectivity index (χ2v) is 4.06. The maximum Gasteiger partial charge on any atom is 0.303 e. The lowest BCUT2D eigenvalue weighted by molar-refractivity contribution is -0.137. The molecule has 2 N–H and O–H groups in total. The zero-order valence-electron chi connectivity index (χ0n) is 9.27. The number of nitrogens with zero attached hydrogens (tertiary/aromatic N) is 2. The molecule has 2 rings (SSSR count). The van der Waals surface area contributed by atoms with Crippen LogP contribution in [-0.4, -0.2) is 25.6 Å². The van der Waals surface area contributed by atoms with Gasteiger partial charge in [0.15, 0.2) is 0 Å². The Morgan fingerprint density at radius 3 is 3.00 bits per heavy atom. The molecule has 0 unspecified atom stereocenters. The fourth-order valence-corrected chi connectivity index (χ4v) is 1.86. The van der Waals surface area contributed by atoms with Crippen molar-refractivity contribution in [2.24, 2.45) is 7.05 Å². The number of hydrogen-bond acceptors (Lipinski definition) is 2. The number of imidazole rings is 1. The number of aromatic nitrogens is 3. The highest BCUT2D eigenvalue weighted by Gasteiger charge is 2.15. The van der Waals surface area contributed by atoms with E-state index < -0.39 is 5.97 Å². The van der Waals surface area contributed by atoms with Gasteiger partial charge in [-0.15, -0.1) is 0 Å². The normalized spacial score (nSPS) is 10.7. The van der Waals surface area contributed by atoms with E-state index in [1.807, 2.05) is 12.1 Å². The zero-order valence-corrected chi connectivity index (χ0v) is 10.0. The number of aliphatic carboxylic acids is 1. The van der Waals surface area contributed by atoms with E-state index in [-0.39, 0.29) is 6.42 Å². The molecular weight excluding hydrogens is 242 g/mol. The minimum atomic E-state index is -0.842. The van der Waals surface area contributed by atoms with Gasteiger partial charge >= 0.3 is 5.97 Å². The number of halogens is 1. The maximum atomic E-state index is 10.5. The van der Waals surface area contributed by atoms with Gasteiger partial charge in [0.1, 0.15) is 16.7 Å². The molecule has 0 amide bonds. The fourth-order valence-electron chi connectivity index (χ4n) is 1.61. The summed E-state index contributed by atoms with van der Waals surface area (Å²) in [4.78, 5) is 17.9. The molecule has 2 aromatic rings. The molecule has 5 nitrogen and oxygen atoms in total. The summed E-state index contributed by atoms with van der Waals surface area (Å²) in [6.45, 7) is 0. The van der Waals surface area contributed by atoms with Gasteiger partial charge in [0.25, 0.3) is 0 Å². The molecule has 0 bridgehead atoms. The average Bonchev–Trinajstić information content (AvgIpc) is 2.88. The molecule has 0 aromatic carbocycles. The number of carboxylic acid groups (broad SMARTS) is 1. The number of carbonyl (C=O) groups is 1. The van der Waals surface area contributed by atoms with Gasteiger partial charge in [0, 0.05) is 19.7 Å². The summed E-state index contributed by atoms with van der Waals surface area (Å²) in [7, 11) is 1.78. The number of H-pyrrole nitrogens is 1. The van der Waals surface area contributed by atoms with Crippen molar-refractivity contribution in [3.05, 3.63) is 29.3 Å². The Bertz CT molecular complexity index is 531. The van der Waals surface area contributed by atoms with Gasteiger partial charge in [0.2, 0.25) is 0 Å². The molecule has 17 heavy (non-hydrogen) atoms. The van der Waals surface area contributed by atoms with Crippen LogP contribution in [0.5, 0.6) is 0 Å². The van der Waals surface area contributed by atoms with Crippen molar-refractivity contribution in [3.63, 3.8) is 0 Å². The summed E-state index contributed by atoms with van der Waals surface area (Å²) in [5.74, 6) is -0.174. The topological polar surface area (TPSA) is 70.9 Å². The van der Waals surface area contributed by atoms with Gasteiger partial charge < -0.3 is 14.7 Å². The fraction of sp³-hybridized carbons (Fsp3) is 0.273. The Morgan fingerprint density at radius 2 is 2.41 bits per heavy atom. The van der Waals surface area contributed by atoms with Crippen molar-refractivity contribution < 1.29 is 9.90 Å². The summed E-state index contributed by atoms with van der Waals surface area (Å²) in [5, 5.41) is 9.16. The first-order chi connectivity index (χ1) is 8.09. The Kier molecular flexibility index (Phi) is 3.19. The van der Waals surface area contributed by atoms with E-state index in [9.17, 15) is 4.79 Å². The molecule has 90 valence electrons. The van der Waals surface area contributed by atoms with E-state index in [1.54, 1.807) is 17.8 Å². The van der Waals surface area contributed by atoms with E-state index >= 15 is 0 Å². The average molecular weight is 254 g/mol. The largest absolute Gasteiger partial charge is 0.481 e. The summed E-state index contributed by atoms with van der Waals surface area (Å²) in [6.07, 6.45) is 2.20. The summed E-state index contributed by atoms with van der Waals surface area (Å²) < 4.78 is 1.71. The molecule has 0 spiro atoms. The smallest absolute Gasteiger partial charge is 0.303 e. The van der Waals surface area contributed by atoms with Crippen LogP contribution in [0.4, 0.5) is 0 Å². The van der Waals surface area contributed by atoms with Crippen molar-refractivity contribution in [3.8, 4) is 11.4 Å². The number of carboxylic acids is 1. The molecule has 0 atom stereocenters. The predicted octanol–water partition coefficient (Wildman–Crippen LogP) is 2.09. The Balaban J connectivity index is 2.31. The van der Waals surface area contributed by atoms with Gasteiger partial charge in [-0.2, -0.15) is 0 Å². The van der Waals surface area contributed by atoms with E-state index in [4.69, 9.17) is 16.7 Å². The van der Waals surface area contributed by atoms with Gasteiger partial charge in [-0.3, -0.25) is 4.79 Å². The van der Waals surface area contributed by atoms with Gasteiger partial charge in [-0.1, -0.05) is 11.6 Å². The van der Waals surface area contributed by atoms with Crippen molar-refractivity contribution in [1.82, 2.24) is 14.5 Å². The second kappa shape index (κ2) is 4.63. The Labute approximate surface area is 103 Å². The van der Waals surface area contributed by atoms with E-state index in [0.717, 1.165) is 5.69 Å². The number of hydrogen-bond donors (Lipinski definition) is 2. The summed E-state index contributed by atoms with van der Waals surface area (Å²) >= 11 is 6.15. The van der Waals surface area contributed by atoms with E-state index in [1.165, 1.54) is 0 Å². The van der Waals surface area contributed by atoms with E-state index in [0.29, 0.717) is 23.1 Å². The molecule has 2 aromatic heterocycles. The third-order valence-corrected chi connectivity index (χ3v) is 2.97. The van der Waals surface area contributed by atoms with Gasteiger partial charge in [0.05, 0.1) is 12.1 Å². The Hall–Kier alpha value is -1.75. The lowest BCUT2D eigenvalue weighted by atomic mass is 10.3. The highest BCUT2D eigenvalue weighted by atomic mass is 35.5. The summed E-state index contributed by atoms with van der Waals surface area (Å²) in [5.41, 5.74) is 1.48. The van der Waals surface area contributed by atoms with Crippen LogP contribution in [0, 0.1) is 0 Å². The highest BCUT2D eigenvalue weighted by molar-refractivity contribution is 6.32. The number of aromatic amines is 1. The van der Waals surface area contributed by atoms with Crippen molar-refractivity contribution in [2.75, 3.05) is 0 Å². The first kappa shape index (κ1) is 11.7. The Morgan fingerprint density at radius 1 is 1.65 bits per heavy atom. The predicted molar refractivity (Wildman–Crippen MR) is 64.0 cm³/mol. The molecule has 2 heterocycles. The molecule has 0 aliphatic carbocycles. The third kappa shape index (κ3) is 2.34. The zero-order chi connectivity index (χ0) is 12.4. The lowest BCUT2D eigenvalue weighted by Gasteiger charge is -1.99. The molecule has 0 fully saturated rings. The number of nitrogens with one attached hydrogen (secondary N) is 1. The molecule has 0 saturated carbocycles. The first-order valence-electron chi connectivity index (χ1n) is 5.16.